The van der Waals surface area contributed by atoms with E-state index in [9.17, 15) is 19.1 Å². The van der Waals surface area contributed by atoms with E-state index in [2.05, 4.69) is 9.97 Å². The summed E-state index contributed by atoms with van der Waals surface area (Å²) in [5, 5.41) is 18.4. The molecule has 12 heteroatoms. The number of rotatable bonds is 11. The van der Waals surface area contributed by atoms with Gasteiger partial charge >= 0.3 is 5.97 Å². The highest BCUT2D eigenvalue weighted by Gasteiger charge is 2.21. The Balaban J connectivity index is 1.40. The van der Waals surface area contributed by atoms with Crippen LogP contribution in [-0.4, -0.2) is 44.7 Å². The highest BCUT2D eigenvalue weighted by atomic mass is 19.1. The number of primary amides is 1. The van der Waals surface area contributed by atoms with E-state index in [1.54, 1.807) is 41.0 Å². The van der Waals surface area contributed by atoms with Gasteiger partial charge in [-0.05, 0) is 48.0 Å². The molecule has 1 amide bonds. The number of carboxylic acids is 1. The number of aromatic carboxylic acids is 1. The molecule has 2 heterocycles. The van der Waals surface area contributed by atoms with Crippen molar-refractivity contribution in [3.8, 4) is 23.2 Å². The second kappa shape index (κ2) is 12.7. The average Bonchev–Trinajstić information content (AvgIpc) is 3.35. The summed E-state index contributed by atoms with van der Waals surface area (Å²) in [5.41, 5.74) is 8.02. The minimum atomic E-state index is -1.13. The lowest BCUT2D eigenvalue weighted by molar-refractivity contribution is -0.128. The number of amides is 1. The van der Waals surface area contributed by atoms with E-state index in [1.807, 2.05) is 6.07 Å². The summed E-state index contributed by atoms with van der Waals surface area (Å²) in [6.07, 6.45) is -1.01. The summed E-state index contributed by atoms with van der Waals surface area (Å²) in [6.45, 7) is -0.167. The number of ether oxygens (including phenoxy) is 2. The number of aromatic nitrogens is 3. The van der Waals surface area contributed by atoms with Gasteiger partial charge in [-0.15, -0.1) is 0 Å². The molecule has 10 nitrogen and oxygen atoms in total. The average molecular weight is 598 g/mol. The van der Waals surface area contributed by atoms with E-state index >= 15 is 4.39 Å². The third kappa shape index (κ3) is 6.38. The number of benzene rings is 3. The van der Waals surface area contributed by atoms with E-state index in [4.69, 9.17) is 20.5 Å². The largest absolute Gasteiger partial charge is 0.478 e. The number of hydrogen-bond donors (Lipinski definition) is 2. The number of carbonyl (C=O) groups is 2. The zero-order chi connectivity index (χ0) is 31.4. The minimum absolute atomic E-state index is 0.0190. The first-order valence-corrected chi connectivity index (χ1v) is 13.3. The van der Waals surface area contributed by atoms with Crippen LogP contribution in [0.5, 0.6) is 5.88 Å². The maximum absolute atomic E-state index is 15.5. The van der Waals surface area contributed by atoms with Crippen molar-refractivity contribution in [3.63, 3.8) is 0 Å². The molecule has 3 N–H and O–H groups in total. The highest BCUT2D eigenvalue weighted by molar-refractivity contribution is 5.92. The summed E-state index contributed by atoms with van der Waals surface area (Å²) < 4.78 is 42.2. The number of carboxylic acid groups (broad SMARTS) is 1. The SMILES string of the molecule is CO[C@H](Cn1c(Cc2ccc(-c3cccc(OCc4ccc(C#N)cc4F)n3)cc2F)nc2ccc(C(=O)O)cc21)C(N)=O. The van der Waals surface area contributed by atoms with Crippen LogP contribution in [0, 0.1) is 23.0 Å². The molecule has 0 aliphatic heterocycles. The smallest absolute Gasteiger partial charge is 0.335 e. The Bertz CT molecular complexity index is 1930. The van der Waals surface area contributed by atoms with Gasteiger partial charge in [-0.1, -0.05) is 24.3 Å². The summed E-state index contributed by atoms with van der Waals surface area (Å²) in [7, 11) is 1.33. The van der Waals surface area contributed by atoms with Gasteiger partial charge in [0.25, 0.3) is 0 Å². The number of halogens is 2. The van der Waals surface area contributed by atoms with Crippen LogP contribution in [0.1, 0.15) is 32.9 Å². The van der Waals surface area contributed by atoms with Gasteiger partial charge < -0.3 is 24.9 Å². The monoisotopic (exact) mass is 597 g/mol. The molecule has 1 atom stereocenters. The van der Waals surface area contributed by atoms with Crippen LogP contribution < -0.4 is 10.5 Å². The molecule has 0 aliphatic carbocycles. The Hall–Kier alpha value is -5.67. The molecule has 0 radical (unpaired) electrons. The standard InChI is InChI=1S/C32H25F2N5O5/c1-43-28(31(36)40)16-39-27-13-21(32(41)42)9-10-26(27)37-29(39)14-19-7-8-20(12-24(19)34)25-3-2-4-30(38-25)44-17-22-6-5-18(15-35)11-23(22)33/h2-13,28H,14,16-17H2,1H3,(H2,36,40)(H,41,42)/t28-/m1/s1. The molecule has 0 bridgehead atoms. The Labute approximate surface area is 249 Å². The summed E-state index contributed by atoms with van der Waals surface area (Å²) in [6, 6.07) is 19.9. The number of pyridine rings is 1. The van der Waals surface area contributed by atoms with Gasteiger partial charge in [0.05, 0.1) is 40.5 Å². The Morgan fingerprint density at radius 2 is 1.80 bits per heavy atom. The quantitative estimate of drug-likeness (QED) is 0.224. The van der Waals surface area contributed by atoms with E-state index in [0.717, 1.165) is 6.07 Å². The molecule has 0 saturated heterocycles. The number of hydrogen-bond acceptors (Lipinski definition) is 7. The van der Waals surface area contributed by atoms with Gasteiger partial charge in [0.1, 0.15) is 24.1 Å². The molecule has 44 heavy (non-hydrogen) atoms. The predicted molar refractivity (Wildman–Crippen MR) is 155 cm³/mol. The van der Waals surface area contributed by atoms with Crippen molar-refractivity contribution in [3.05, 3.63) is 113 Å². The van der Waals surface area contributed by atoms with Crippen molar-refractivity contribution in [2.24, 2.45) is 5.73 Å². The van der Waals surface area contributed by atoms with Crippen LogP contribution >= 0.6 is 0 Å². The molecule has 5 rings (SSSR count). The van der Waals surface area contributed by atoms with Gasteiger partial charge in [-0.25, -0.2) is 23.5 Å². The fourth-order valence-corrected chi connectivity index (χ4v) is 4.65. The van der Waals surface area contributed by atoms with Gasteiger partial charge in [-0.3, -0.25) is 4.79 Å². The maximum atomic E-state index is 15.5. The van der Waals surface area contributed by atoms with Gasteiger partial charge in [0.15, 0.2) is 6.10 Å². The molecular formula is C32H25F2N5O5. The van der Waals surface area contributed by atoms with Crippen LogP contribution in [0.3, 0.4) is 0 Å². The van der Waals surface area contributed by atoms with E-state index in [0.29, 0.717) is 33.7 Å². The highest BCUT2D eigenvalue weighted by Crippen LogP contribution is 2.26. The number of carbonyl (C=O) groups excluding carboxylic acids is 1. The summed E-state index contributed by atoms with van der Waals surface area (Å²) in [5.74, 6) is -2.38. The molecular weight excluding hydrogens is 572 g/mol. The molecule has 0 unspecified atom stereocenters. The van der Waals surface area contributed by atoms with Crippen molar-refractivity contribution in [1.82, 2.24) is 14.5 Å². The molecule has 0 fully saturated rings. The summed E-state index contributed by atoms with van der Waals surface area (Å²) >= 11 is 0. The molecule has 0 aliphatic rings. The van der Waals surface area contributed by atoms with Gasteiger partial charge in [-0.2, -0.15) is 5.26 Å². The fourth-order valence-electron chi connectivity index (χ4n) is 4.65. The van der Waals surface area contributed by atoms with Crippen molar-refractivity contribution < 1.29 is 33.0 Å². The van der Waals surface area contributed by atoms with Crippen molar-refractivity contribution in [1.29, 1.82) is 5.26 Å². The number of imidazole rings is 1. The van der Waals surface area contributed by atoms with E-state index < -0.39 is 29.6 Å². The maximum Gasteiger partial charge on any atom is 0.335 e. The van der Waals surface area contributed by atoms with Crippen LogP contribution in [0.25, 0.3) is 22.3 Å². The molecule has 0 spiro atoms. The van der Waals surface area contributed by atoms with Crippen LogP contribution in [-0.2, 0) is 29.1 Å². The Morgan fingerprint density at radius 1 is 1.02 bits per heavy atom. The third-order valence-corrected chi connectivity index (χ3v) is 7.00. The van der Waals surface area contributed by atoms with Crippen molar-refractivity contribution in [2.75, 3.05) is 7.11 Å². The van der Waals surface area contributed by atoms with Gasteiger partial charge in [0.2, 0.25) is 11.8 Å². The van der Waals surface area contributed by atoms with E-state index in [-0.39, 0.29) is 42.1 Å². The van der Waals surface area contributed by atoms with Crippen molar-refractivity contribution >= 4 is 22.9 Å². The lowest BCUT2D eigenvalue weighted by atomic mass is 10.1. The molecule has 0 saturated carbocycles. The fraction of sp³-hybridized carbons (Fsp3) is 0.156. The zero-order valence-corrected chi connectivity index (χ0v) is 23.3. The second-order valence-corrected chi connectivity index (χ2v) is 9.82. The first-order chi connectivity index (χ1) is 21.2. The van der Waals surface area contributed by atoms with Gasteiger partial charge in [0, 0.05) is 30.7 Å². The number of methoxy groups -OCH3 is 1. The number of nitrogens with zero attached hydrogens (tertiary/aromatic N) is 4. The van der Waals surface area contributed by atoms with Crippen LogP contribution in [0.4, 0.5) is 8.78 Å². The zero-order valence-electron chi connectivity index (χ0n) is 23.3. The topological polar surface area (TPSA) is 153 Å². The lowest BCUT2D eigenvalue weighted by Gasteiger charge is -2.16. The first kappa shape index (κ1) is 29.8. The Kier molecular flexibility index (Phi) is 8.59. The number of nitriles is 1. The summed E-state index contributed by atoms with van der Waals surface area (Å²) in [4.78, 5) is 32.5. The molecule has 3 aromatic carbocycles. The first-order valence-electron chi connectivity index (χ1n) is 13.3. The molecule has 222 valence electrons. The lowest BCUT2D eigenvalue weighted by Crippen LogP contribution is -2.34. The third-order valence-electron chi connectivity index (χ3n) is 7.00. The normalized spacial score (nSPS) is 11.7. The van der Waals surface area contributed by atoms with Crippen molar-refractivity contribution in [2.45, 2.75) is 25.7 Å². The van der Waals surface area contributed by atoms with Crippen LogP contribution in [0.2, 0.25) is 0 Å². The Morgan fingerprint density at radius 3 is 2.48 bits per heavy atom. The second-order valence-electron chi connectivity index (χ2n) is 9.82. The number of fused-ring (bicyclic) bond motifs is 1. The van der Waals surface area contributed by atoms with E-state index in [1.165, 1.54) is 37.4 Å². The molecule has 2 aromatic heterocycles. The molecule has 5 aromatic rings. The predicted octanol–water partition coefficient (Wildman–Crippen LogP) is 4.62. The van der Waals surface area contributed by atoms with Crippen LogP contribution in [0.15, 0.2) is 72.8 Å². The minimum Gasteiger partial charge on any atom is -0.478 e. The number of nitrogens with two attached hydrogens (primary N) is 1.